The molecule has 2 unspecified atom stereocenters. The molecule has 6 nitrogen and oxygen atoms in total. The highest BCUT2D eigenvalue weighted by Crippen LogP contribution is 2.11. The van der Waals surface area contributed by atoms with Crippen LogP contribution in [0.3, 0.4) is 0 Å². The van der Waals surface area contributed by atoms with Gasteiger partial charge in [0.2, 0.25) is 0 Å². The van der Waals surface area contributed by atoms with E-state index in [1.807, 2.05) is 11.6 Å². The van der Waals surface area contributed by atoms with Gasteiger partial charge in [-0.25, -0.2) is 0 Å². The fourth-order valence-electron chi connectivity index (χ4n) is 2.49. The van der Waals surface area contributed by atoms with Crippen molar-refractivity contribution in [3.8, 4) is 0 Å². The number of carbonyl (C=O) groups excluding carboxylic acids is 1. The summed E-state index contributed by atoms with van der Waals surface area (Å²) in [6.07, 6.45) is 1.68. The van der Waals surface area contributed by atoms with Gasteiger partial charge in [-0.15, -0.1) is 0 Å². The highest BCUT2D eigenvalue weighted by Gasteiger charge is 2.29. The van der Waals surface area contributed by atoms with Crippen molar-refractivity contribution in [2.75, 3.05) is 20.2 Å². The van der Waals surface area contributed by atoms with Gasteiger partial charge >= 0.3 is 0 Å². The van der Waals surface area contributed by atoms with Crippen LogP contribution in [-0.2, 0) is 11.3 Å². The second-order valence-corrected chi connectivity index (χ2v) is 5.73. The zero-order valence-corrected chi connectivity index (χ0v) is 12.6. The molecule has 1 aliphatic rings. The molecule has 1 aromatic heterocycles. The number of rotatable bonds is 5. The lowest BCUT2D eigenvalue weighted by Gasteiger charge is -2.18. The number of carbonyl (C=O) groups is 1. The lowest BCUT2D eigenvalue weighted by atomic mass is 10.1. The maximum Gasteiger partial charge on any atom is 0.255 e. The molecule has 1 saturated heterocycles. The van der Waals surface area contributed by atoms with Crippen molar-refractivity contribution in [3.05, 3.63) is 17.5 Å². The van der Waals surface area contributed by atoms with E-state index in [1.54, 1.807) is 13.3 Å². The average molecular weight is 280 g/mol. The monoisotopic (exact) mass is 280 g/mol. The summed E-state index contributed by atoms with van der Waals surface area (Å²) in [5.74, 6) is 0.426. The van der Waals surface area contributed by atoms with Crippen LogP contribution in [0.4, 0.5) is 0 Å². The van der Waals surface area contributed by atoms with E-state index in [0.29, 0.717) is 11.5 Å². The predicted octanol–water partition coefficient (Wildman–Crippen LogP) is 0.564. The number of aromatic nitrogens is 2. The third kappa shape index (κ3) is 3.19. The molecule has 0 radical (unpaired) electrons. The summed E-state index contributed by atoms with van der Waals surface area (Å²) in [5, 5.41) is 10.5. The molecule has 20 heavy (non-hydrogen) atoms. The summed E-state index contributed by atoms with van der Waals surface area (Å²) >= 11 is 0. The first-order chi connectivity index (χ1) is 9.52. The summed E-state index contributed by atoms with van der Waals surface area (Å²) in [6.45, 7) is 8.54. The van der Waals surface area contributed by atoms with Crippen molar-refractivity contribution >= 4 is 5.91 Å². The van der Waals surface area contributed by atoms with Crippen LogP contribution in [0, 0.1) is 12.8 Å². The minimum atomic E-state index is -0.0757. The summed E-state index contributed by atoms with van der Waals surface area (Å²) < 4.78 is 7.24. The Morgan fingerprint density at radius 1 is 1.60 bits per heavy atom. The molecule has 1 aromatic rings. The van der Waals surface area contributed by atoms with Crippen LogP contribution in [0.5, 0.6) is 0 Å². The van der Waals surface area contributed by atoms with E-state index in [4.69, 9.17) is 4.74 Å². The molecule has 2 N–H and O–H groups in total. The first-order valence-electron chi connectivity index (χ1n) is 7.09. The summed E-state index contributed by atoms with van der Waals surface area (Å²) in [4.78, 5) is 12.3. The van der Waals surface area contributed by atoms with Gasteiger partial charge in [-0.3, -0.25) is 9.48 Å². The highest BCUT2D eigenvalue weighted by atomic mass is 16.5. The SMILES string of the molecule is COC1CNCC1NC(=O)c1cnn(CC(C)C)c1C. The molecule has 1 aliphatic heterocycles. The maximum absolute atomic E-state index is 12.3. The van der Waals surface area contributed by atoms with E-state index in [-0.39, 0.29) is 18.1 Å². The lowest BCUT2D eigenvalue weighted by Crippen LogP contribution is -2.43. The molecule has 2 heterocycles. The van der Waals surface area contributed by atoms with Gasteiger partial charge in [-0.2, -0.15) is 5.10 Å². The van der Waals surface area contributed by atoms with Crippen molar-refractivity contribution in [2.45, 2.75) is 39.5 Å². The van der Waals surface area contributed by atoms with Crippen LogP contribution in [-0.4, -0.2) is 48.0 Å². The third-order valence-corrected chi connectivity index (χ3v) is 3.66. The van der Waals surface area contributed by atoms with E-state index >= 15 is 0 Å². The van der Waals surface area contributed by atoms with Crippen LogP contribution in [0.1, 0.15) is 29.9 Å². The fourth-order valence-corrected chi connectivity index (χ4v) is 2.49. The third-order valence-electron chi connectivity index (χ3n) is 3.66. The molecule has 6 heteroatoms. The van der Waals surface area contributed by atoms with Gasteiger partial charge in [0.25, 0.3) is 5.91 Å². The average Bonchev–Trinajstić information content (AvgIpc) is 2.97. The van der Waals surface area contributed by atoms with Crippen molar-refractivity contribution in [2.24, 2.45) is 5.92 Å². The molecule has 112 valence electrons. The number of hydrogen-bond donors (Lipinski definition) is 2. The molecule has 2 rings (SSSR count). The standard InChI is InChI=1S/C14H24N4O2/c1-9(2)8-18-10(3)11(5-16-18)14(19)17-12-6-15-7-13(12)20-4/h5,9,12-13,15H,6-8H2,1-4H3,(H,17,19). The van der Waals surface area contributed by atoms with Gasteiger partial charge in [-0.1, -0.05) is 13.8 Å². The molecule has 0 spiro atoms. The number of nitrogens with one attached hydrogen (secondary N) is 2. The summed E-state index contributed by atoms with van der Waals surface area (Å²) in [6, 6.07) is 0.0142. The van der Waals surface area contributed by atoms with Crippen molar-refractivity contribution < 1.29 is 9.53 Å². The smallest absolute Gasteiger partial charge is 0.255 e. The quantitative estimate of drug-likeness (QED) is 0.827. The summed E-state index contributed by atoms with van der Waals surface area (Å²) in [5.41, 5.74) is 1.56. The first-order valence-corrected chi connectivity index (χ1v) is 7.09. The number of amides is 1. The Hall–Kier alpha value is -1.40. The fraction of sp³-hybridized carbons (Fsp3) is 0.714. The molecular formula is C14H24N4O2. The minimum Gasteiger partial charge on any atom is -0.378 e. The Balaban J connectivity index is 2.04. The van der Waals surface area contributed by atoms with Crippen molar-refractivity contribution in [1.29, 1.82) is 0 Å². The molecule has 0 aromatic carbocycles. The zero-order valence-electron chi connectivity index (χ0n) is 12.6. The van der Waals surface area contributed by atoms with E-state index in [1.165, 1.54) is 0 Å². The van der Waals surface area contributed by atoms with Gasteiger partial charge in [-0.05, 0) is 12.8 Å². The molecule has 0 aliphatic carbocycles. The maximum atomic E-state index is 12.3. The van der Waals surface area contributed by atoms with E-state index in [2.05, 4.69) is 29.6 Å². The van der Waals surface area contributed by atoms with Crippen LogP contribution < -0.4 is 10.6 Å². The molecular weight excluding hydrogens is 256 g/mol. The van der Waals surface area contributed by atoms with Crippen LogP contribution >= 0.6 is 0 Å². The van der Waals surface area contributed by atoms with Crippen LogP contribution in [0.2, 0.25) is 0 Å². The predicted molar refractivity (Wildman–Crippen MR) is 76.7 cm³/mol. The van der Waals surface area contributed by atoms with Gasteiger partial charge in [0.05, 0.1) is 23.9 Å². The van der Waals surface area contributed by atoms with Crippen LogP contribution in [0.25, 0.3) is 0 Å². The van der Waals surface area contributed by atoms with Gasteiger partial charge in [0, 0.05) is 32.4 Å². The highest BCUT2D eigenvalue weighted by molar-refractivity contribution is 5.95. The molecule has 0 saturated carbocycles. The Morgan fingerprint density at radius 2 is 2.35 bits per heavy atom. The first kappa shape index (κ1) is 15.0. The van der Waals surface area contributed by atoms with E-state index in [0.717, 1.165) is 25.3 Å². The Kier molecular flexibility index (Phi) is 4.77. The molecule has 0 bridgehead atoms. The van der Waals surface area contributed by atoms with Gasteiger partial charge in [0.15, 0.2) is 0 Å². The molecule has 1 fully saturated rings. The normalized spacial score (nSPS) is 22.4. The minimum absolute atomic E-state index is 0.0142. The summed E-state index contributed by atoms with van der Waals surface area (Å²) in [7, 11) is 1.67. The second-order valence-electron chi connectivity index (χ2n) is 5.73. The number of methoxy groups -OCH3 is 1. The Labute approximate surface area is 119 Å². The van der Waals surface area contributed by atoms with Gasteiger partial charge in [0.1, 0.15) is 0 Å². The number of nitrogens with zero attached hydrogens (tertiary/aromatic N) is 2. The lowest BCUT2D eigenvalue weighted by molar-refractivity contribution is 0.0779. The second kappa shape index (κ2) is 6.37. The Morgan fingerprint density at radius 3 is 3.00 bits per heavy atom. The Bertz CT molecular complexity index is 470. The zero-order chi connectivity index (χ0) is 14.7. The van der Waals surface area contributed by atoms with Crippen LogP contribution in [0.15, 0.2) is 6.20 Å². The van der Waals surface area contributed by atoms with E-state index < -0.39 is 0 Å². The number of hydrogen-bond acceptors (Lipinski definition) is 4. The number of ether oxygens (including phenoxy) is 1. The van der Waals surface area contributed by atoms with Crippen molar-refractivity contribution in [3.63, 3.8) is 0 Å². The van der Waals surface area contributed by atoms with Gasteiger partial charge < -0.3 is 15.4 Å². The molecule has 1 amide bonds. The van der Waals surface area contributed by atoms with Crippen molar-refractivity contribution in [1.82, 2.24) is 20.4 Å². The largest absolute Gasteiger partial charge is 0.378 e. The van der Waals surface area contributed by atoms with E-state index in [9.17, 15) is 4.79 Å². The molecule has 2 atom stereocenters. The topological polar surface area (TPSA) is 68.2 Å².